The largest absolute Gasteiger partial charge is 0.427 e. The van der Waals surface area contributed by atoms with E-state index in [0.29, 0.717) is 6.54 Å². The van der Waals surface area contributed by atoms with Crippen molar-refractivity contribution in [3.8, 4) is 0 Å². The highest BCUT2D eigenvalue weighted by molar-refractivity contribution is 7.87. The smallest absolute Gasteiger partial charge is 0.337 e. The zero-order valence-electron chi connectivity index (χ0n) is 7.95. The highest BCUT2D eigenvalue weighted by Gasteiger charge is 2.06. The average molecular weight is 225 g/mol. The van der Waals surface area contributed by atoms with Gasteiger partial charge < -0.3 is 10.2 Å². The quantitative estimate of drug-likeness (QED) is 0.422. The molecule has 0 saturated carbocycles. The number of nitrogens with two attached hydrogens (primary N) is 1. The Labute approximate surface area is 83.1 Å². The number of amides is 1. The van der Waals surface area contributed by atoms with Crippen LogP contribution in [0, 0.1) is 0 Å². The first-order chi connectivity index (χ1) is 6.45. The topological polar surface area (TPSA) is 111 Å². The Bertz CT molecular complexity index is 264. The molecule has 7 nitrogen and oxygen atoms in total. The summed E-state index contributed by atoms with van der Waals surface area (Å²) in [6, 6.07) is 0. The van der Waals surface area contributed by atoms with Gasteiger partial charge in [-0.15, -0.1) is 0 Å². The first-order valence-electron chi connectivity index (χ1n) is 4.20. The number of hydrogen-bond acceptors (Lipinski definition) is 4. The number of hydrogen-bond donors (Lipinski definition) is 3. The Morgan fingerprint density at radius 3 is 2.57 bits per heavy atom. The van der Waals surface area contributed by atoms with Crippen LogP contribution in [0.2, 0.25) is 0 Å². The van der Waals surface area contributed by atoms with E-state index >= 15 is 0 Å². The third-order valence-electron chi connectivity index (χ3n) is 1.30. The molecule has 0 aromatic heterocycles. The lowest BCUT2D eigenvalue weighted by Gasteiger charge is -2.04. The summed E-state index contributed by atoms with van der Waals surface area (Å²) in [6.07, 6.45) is 1.98. The lowest BCUT2D eigenvalue weighted by Crippen LogP contribution is -2.37. The number of carbonyl (C=O) groups excluding carboxylic acids is 1. The third-order valence-corrected chi connectivity index (χ3v) is 1.62. The Kier molecular flexibility index (Phi) is 6.17. The predicted octanol–water partition coefficient (Wildman–Crippen LogP) is -0.389. The van der Waals surface area contributed by atoms with Crippen molar-refractivity contribution < 1.29 is 18.0 Å². The van der Waals surface area contributed by atoms with Crippen LogP contribution in [0.1, 0.15) is 26.2 Å². The first kappa shape index (κ1) is 13.1. The predicted molar refractivity (Wildman–Crippen MR) is 50.3 cm³/mol. The van der Waals surface area contributed by atoms with Crippen molar-refractivity contribution in [1.29, 1.82) is 0 Å². The minimum Gasteiger partial charge on any atom is -0.337 e. The SMILES string of the molecule is CCCCCNC(=O)ONS(N)(=O)=O. The molecule has 0 spiro atoms. The van der Waals surface area contributed by atoms with Gasteiger partial charge in [0.2, 0.25) is 0 Å². The van der Waals surface area contributed by atoms with E-state index in [1.807, 2.05) is 6.92 Å². The zero-order valence-corrected chi connectivity index (χ0v) is 8.76. The van der Waals surface area contributed by atoms with Crippen molar-refractivity contribution in [3.05, 3.63) is 0 Å². The molecule has 0 rings (SSSR count). The van der Waals surface area contributed by atoms with E-state index in [9.17, 15) is 13.2 Å². The minimum absolute atomic E-state index is 0.443. The van der Waals surface area contributed by atoms with E-state index in [2.05, 4.69) is 15.3 Å². The van der Waals surface area contributed by atoms with E-state index in [0.717, 1.165) is 19.3 Å². The van der Waals surface area contributed by atoms with E-state index in [1.165, 1.54) is 4.89 Å². The maximum atomic E-state index is 10.7. The molecule has 8 heteroatoms. The maximum Gasteiger partial charge on any atom is 0.427 e. The van der Waals surface area contributed by atoms with Gasteiger partial charge in [-0.2, -0.15) is 8.42 Å². The maximum absolute atomic E-state index is 10.7. The second-order valence-electron chi connectivity index (χ2n) is 2.65. The summed E-state index contributed by atoms with van der Waals surface area (Å²) in [6.45, 7) is 2.47. The van der Waals surface area contributed by atoms with Gasteiger partial charge in [0.25, 0.3) is 0 Å². The van der Waals surface area contributed by atoms with Gasteiger partial charge >= 0.3 is 16.3 Å². The van der Waals surface area contributed by atoms with Crippen LogP contribution < -0.4 is 15.3 Å². The van der Waals surface area contributed by atoms with Gasteiger partial charge in [0.05, 0.1) is 0 Å². The standard InChI is InChI=1S/C6H15N3O4S/c1-2-3-4-5-8-6(10)13-9-14(7,11)12/h9H,2-5H2,1H3,(H,8,10)(H2,7,11,12). The molecule has 0 saturated heterocycles. The fourth-order valence-corrected chi connectivity index (χ4v) is 0.889. The molecule has 0 aliphatic rings. The van der Waals surface area contributed by atoms with Gasteiger partial charge in [-0.3, -0.25) is 0 Å². The van der Waals surface area contributed by atoms with Crippen LogP contribution in [0.4, 0.5) is 4.79 Å². The van der Waals surface area contributed by atoms with Gasteiger partial charge in [-0.25, -0.2) is 9.93 Å². The number of unbranched alkanes of at least 4 members (excludes halogenated alkanes) is 2. The Morgan fingerprint density at radius 1 is 1.43 bits per heavy atom. The van der Waals surface area contributed by atoms with E-state index in [4.69, 9.17) is 0 Å². The lowest BCUT2D eigenvalue weighted by molar-refractivity contribution is 0.124. The molecular formula is C6H15N3O4S. The number of carbonyl (C=O) groups is 1. The highest BCUT2D eigenvalue weighted by Crippen LogP contribution is 1.91. The van der Waals surface area contributed by atoms with Crippen LogP contribution in [0.25, 0.3) is 0 Å². The normalized spacial score (nSPS) is 11.0. The fourth-order valence-electron chi connectivity index (χ4n) is 0.697. The molecule has 4 N–H and O–H groups in total. The van der Waals surface area contributed by atoms with Gasteiger partial charge in [0.1, 0.15) is 0 Å². The molecule has 0 aliphatic heterocycles. The summed E-state index contributed by atoms with van der Waals surface area (Å²) in [4.78, 5) is 16.2. The summed E-state index contributed by atoms with van der Waals surface area (Å²) in [7, 11) is -3.99. The second kappa shape index (κ2) is 6.57. The van der Waals surface area contributed by atoms with Gasteiger partial charge in [0.15, 0.2) is 0 Å². The van der Waals surface area contributed by atoms with Crippen molar-refractivity contribution in [1.82, 2.24) is 10.2 Å². The van der Waals surface area contributed by atoms with E-state index in [-0.39, 0.29) is 0 Å². The summed E-state index contributed by atoms with van der Waals surface area (Å²) < 4.78 is 20.5. The molecule has 1 amide bonds. The van der Waals surface area contributed by atoms with Crippen LogP contribution in [0.15, 0.2) is 0 Å². The van der Waals surface area contributed by atoms with Crippen LogP contribution >= 0.6 is 0 Å². The Balaban J connectivity index is 3.47. The van der Waals surface area contributed by atoms with Crippen molar-refractivity contribution in [2.75, 3.05) is 6.54 Å². The Morgan fingerprint density at radius 2 is 2.07 bits per heavy atom. The average Bonchev–Trinajstić information content (AvgIpc) is 2.08. The van der Waals surface area contributed by atoms with Gasteiger partial charge in [-0.1, -0.05) is 19.8 Å². The molecule has 0 atom stereocenters. The molecular weight excluding hydrogens is 210 g/mol. The number of nitrogens with one attached hydrogen (secondary N) is 2. The fraction of sp³-hybridized carbons (Fsp3) is 0.833. The van der Waals surface area contributed by atoms with Crippen molar-refractivity contribution >= 4 is 16.3 Å². The zero-order chi connectivity index (χ0) is 11.0. The molecule has 0 fully saturated rings. The third kappa shape index (κ3) is 9.23. The summed E-state index contributed by atoms with van der Waals surface area (Å²) in [5.41, 5.74) is 0. The first-order valence-corrected chi connectivity index (χ1v) is 5.74. The lowest BCUT2D eigenvalue weighted by atomic mass is 10.2. The van der Waals surface area contributed by atoms with Gasteiger partial charge in [0, 0.05) is 6.54 Å². The van der Waals surface area contributed by atoms with Crippen LogP contribution in [0.3, 0.4) is 0 Å². The highest BCUT2D eigenvalue weighted by atomic mass is 32.2. The molecule has 0 bridgehead atoms. The Hall–Kier alpha value is -0.860. The van der Waals surface area contributed by atoms with E-state index in [1.54, 1.807) is 0 Å². The monoisotopic (exact) mass is 225 g/mol. The molecule has 0 aromatic carbocycles. The van der Waals surface area contributed by atoms with Crippen LogP contribution in [-0.2, 0) is 15.0 Å². The molecule has 0 aromatic rings. The molecule has 84 valence electrons. The number of rotatable bonds is 6. The minimum atomic E-state index is -3.99. The van der Waals surface area contributed by atoms with E-state index < -0.39 is 16.3 Å². The molecule has 0 aliphatic carbocycles. The molecule has 14 heavy (non-hydrogen) atoms. The molecule has 0 heterocycles. The van der Waals surface area contributed by atoms with Crippen molar-refractivity contribution in [2.24, 2.45) is 5.14 Å². The summed E-state index contributed by atoms with van der Waals surface area (Å²) in [5, 5.41) is 6.86. The van der Waals surface area contributed by atoms with Crippen LogP contribution in [0.5, 0.6) is 0 Å². The van der Waals surface area contributed by atoms with Gasteiger partial charge in [-0.05, 0) is 11.3 Å². The molecule has 0 radical (unpaired) electrons. The summed E-state index contributed by atoms with van der Waals surface area (Å²) >= 11 is 0. The molecule has 0 unspecified atom stereocenters. The summed E-state index contributed by atoms with van der Waals surface area (Å²) in [5.74, 6) is 0. The van der Waals surface area contributed by atoms with Crippen molar-refractivity contribution in [2.45, 2.75) is 26.2 Å². The second-order valence-corrected chi connectivity index (χ2v) is 3.91. The van der Waals surface area contributed by atoms with Crippen LogP contribution in [-0.4, -0.2) is 21.1 Å². The van der Waals surface area contributed by atoms with Crippen molar-refractivity contribution in [3.63, 3.8) is 0 Å².